The summed E-state index contributed by atoms with van der Waals surface area (Å²) in [5.74, 6) is 0.756. The molecule has 0 spiro atoms. The van der Waals surface area contributed by atoms with Gasteiger partial charge in [0.05, 0.1) is 19.8 Å². The quantitative estimate of drug-likeness (QED) is 0.777. The van der Waals surface area contributed by atoms with E-state index in [1.165, 1.54) is 14.2 Å². The first kappa shape index (κ1) is 17.1. The lowest BCUT2D eigenvalue weighted by Crippen LogP contribution is -2.41. The molecule has 0 aromatic heterocycles. The molecule has 0 bridgehead atoms. The third-order valence-corrected chi connectivity index (χ3v) is 3.92. The molecule has 0 N–H and O–H groups in total. The van der Waals surface area contributed by atoms with Crippen LogP contribution in [0.15, 0.2) is 18.2 Å². The molecular formula is C17H23NO5. The van der Waals surface area contributed by atoms with E-state index in [0.717, 1.165) is 25.9 Å². The highest BCUT2D eigenvalue weighted by molar-refractivity contribution is 5.92. The van der Waals surface area contributed by atoms with Crippen molar-refractivity contribution in [3.8, 4) is 11.5 Å². The zero-order valence-electron chi connectivity index (χ0n) is 13.8. The monoisotopic (exact) mass is 321 g/mol. The smallest absolute Gasteiger partial charge is 0.338 e. The summed E-state index contributed by atoms with van der Waals surface area (Å²) >= 11 is 0. The van der Waals surface area contributed by atoms with Gasteiger partial charge in [0.25, 0.3) is 5.91 Å². The van der Waals surface area contributed by atoms with Gasteiger partial charge in [0, 0.05) is 19.2 Å². The Morgan fingerprint density at radius 2 is 1.83 bits per heavy atom. The van der Waals surface area contributed by atoms with Gasteiger partial charge in [-0.2, -0.15) is 0 Å². The van der Waals surface area contributed by atoms with E-state index in [2.05, 4.69) is 6.92 Å². The van der Waals surface area contributed by atoms with Crippen LogP contribution in [0, 0.1) is 5.92 Å². The Balaban J connectivity index is 1.95. The minimum atomic E-state index is -0.569. The fourth-order valence-corrected chi connectivity index (χ4v) is 2.64. The predicted octanol–water partition coefficient (Wildman–Crippen LogP) is 2.12. The first-order chi connectivity index (χ1) is 11.0. The maximum atomic E-state index is 12.1. The maximum absolute atomic E-state index is 12.1. The van der Waals surface area contributed by atoms with Gasteiger partial charge in [-0.3, -0.25) is 4.79 Å². The Bertz CT molecular complexity index is 550. The normalized spacial score (nSPS) is 17.5. The Kier molecular flexibility index (Phi) is 5.84. The standard InChI is InChI=1S/C17H23NO5/c1-12-5-4-6-18(10-12)16(19)11-23-17(20)13-7-14(21-2)9-15(8-13)22-3/h7-9,12H,4-6,10-11H2,1-3H3/t12-/m1/s1. The molecule has 1 aliphatic heterocycles. The summed E-state index contributed by atoms with van der Waals surface area (Å²) in [6.45, 7) is 3.33. The summed E-state index contributed by atoms with van der Waals surface area (Å²) in [6.07, 6.45) is 2.13. The van der Waals surface area contributed by atoms with Crippen molar-refractivity contribution in [2.24, 2.45) is 5.92 Å². The molecule has 1 aromatic carbocycles. The number of hydrogen-bond donors (Lipinski definition) is 0. The van der Waals surface area contributed by atoms with Crippen molar-refractivity contribution >= 4 is 11.9 Å². The molecule has 2 rings (SSSR count). The van der Waals surface area contributed by atoms with Crippen LogP contribution >= 0.6 is 0 Å². The third-order valence-electron chi connectivity index (χ3n) is 3.92. The molecule has 23 heavy (non-hydrogen) atoms. The average Bonchev–Trinajstić information content (AvgIpc) is 2.58. The van der Waals surface area contributed by atoms with Crippen LogP contribution < -0.4 is 9.47 Å². The number of esters is 1. The predicted molar refractivity (Wildman–Crippen MR) is 84.8 cm³/mol. The Labute approximate surface area is 136 Å². The first-order valence-electron chi connectivity index (χ1n) is 7.71. The Morgan fingerprint density at radius 3 is 2.39 bits per heavy atom. The van der Waals surface area contributed by atoms with E-state index < -0.39 is 5.97 Å². The van der Waals surface area contributed by atoms with Gasteiger partial charge in [-0.05, 0) is 30.9 Å². The molecule has 1 atom stereocenters. The molecule has 1 aliphatic rings. The molecule has 1 aromatic rings. The number of methoxy groups -OCH3 is 2. The molecule has 1 heterocycles. The van der Waals surface area contributed by atoms with E-state index in [4.69, 9.17) is 14.2 Å². The lowest BCUT2D eigenvalue weighted by molar-refractivity contribution is -0.136. The van der Waals surface area contributed by atoms with E-state index in [0.29, 0.717) is 23.0 Å². The van der Waals surface area contributed by atoms with E-state index in [-0.39, 0.29) is 12.5 Å². The lowest BCUT2D eigenvalue weighted by atomic mass is 10.0. The molecule has 1 amide bonds. The van der Waals surface area contributed by atoms with Crippen molar-refractivity contribution in [3.63, 3.8) is 0 Å². The molecule has 0 radical (unpaired) electrons. The van der Waals surface area contributed by atoms with Crippen molar-refractivity contribution in [2.45, 2.75) is 19.8 Å². The number of nitrogens with zero attached hydrogens (tertiary/aromatic N) is 1. The summed E-state index contributed by atoms with van der Waals surface area (Å²) in [5.41, 5.74) is 0.293. The summed E-state index contributed by atoms with van der Waals surface area (Å²) in [5, 5.41) is 0. The largest absolute Gasteiger partial charge is 0.497 e. The second-order valence-corrected chi connectivity index (χ2v) is 5.76. The lowest BCUT2D eigenvalue weighted by Gasteiger charge is -2.30. The molecule has 126 valence electrons. The summed E-state index contributed by atoms with van der Waals surface area (Å²) in [4.78, 5) is 26.0. The van der Waals surface area contributed by atoms with E-state index in [9.17, 15) is 9.59 Å². The number of carbonyl (C=O) groups is 2. The van der Waals surface area contributed by atoms with Gasteiger partial charge in [-0.25, -0.2) is 4.79 Å². The molecular weight excluding hydrogens is 298 g/mol. The van der Waals surface area contributed by atoms with E-state index in [1.807, 2.05) is 0 Å². The van der Waals surface area contributed by atoms with Crippen LogP contribution in [0.2, 0.25) is 0 Å². The van der Waals surface area contributed by atoms with Gasteiger partial charge in [-0.1, -0.05) is 6.92 Å². The minimum Gasteiger partial charge on any atom is -0.497 e. The molecule has 1 fully saturated rings. The van der Waals surface area contributed by atoms with Gasteiger partial charge in [0.15, 0.2) is 6.61 Å². The van der Waals surface area contributed by atoms with Crippen molar-refractivity contribution in [2.75, 3.05) is 33.9 Å². The molecule has 0 aliphatic carbocycles. The molecule has 0 saturated carbocycles. The van der Waals surface area contributed by atoms with Crippen LogP contribution in [0.1, 0.15) is 30.1 Å². The highest BCUT2D eigenvalue weighted by atomic mass is 16.5. The van der Waals surface area contributed by atoms with Gasteiger partial charge < -0.3 is 19.1 Å². The van der Waals surface area contributed by atoms with Crippen LogP contribution in [0.5, 0.6) is 11.5 Å². The van der Waals surface area contributed by atoms with Gasteiger partial charge in [0.2, 0.25) is 0 Å². The van der Waals surface area contributed by atoms with Crippen LogP contribution in [-0.4, -0.2) is 50.7 Å². The third kappa shape index (κ3) is 4.61. The van der Waals surface area contributed by atoms with Crippen LogP contribution in [-0.2, 0) is 9.53 Å². The second-order valence-electron chi connectivity index (χ2n) is 5.76. The summed E-state index contributed by atoms with van der Waals surface area (Å²) in [6, 6.07) is 4.77. The topological polar surface area (TPSA) is 65.1 Å². The maximum Gasteiger partial charge on any atom is 0.338 e. The first-order valence-corrected chi connectivity index (χ1v) is 7.71. The highest BCUT2D eigenvalue weighted by Crippen LogP contribution is 2.23. The minimum absolute atomic E-state index is 0.153. The molecule has 1 saturated heterocycles. The SMILES string of the molecule is COc1cc(OC)cc(C(=O)OCC(=O)N2CCC[C@@H](C)C2)c1. The molecule has 0 unspecified atom stereocenters. The van der Waals surface area contributed by atoms with Crippen molar-refractivity contribution in [3.05, 3.63) is 23.8 Å². The number of ether oxygens (including phenoxy) is 3. The highest BCUT2D eigenvalue weighted by Gasteiger charge is 2.22. The number of hydrogen-bond acceptors (Lipinski definition) is 5. The molecule has 6 heteroatoms. The molecule has 6 nitrogen and oxygen atoms in total. The van der Waals surface area contributed by atoms with Gasteiger partial charge in [0.1, 0.15) is 11.5 Å². The van der Waals surface area contributed by atoms with Gasteiger partial charge in [-0.15, -0.1) is 0 Å². The number of rotatable bonds is 5. The fourth-order valence-electron chi connectivity index (χ4n) is 2.64. The van der Waals surface area contributed by atoms with Crippen LogP contribution in [0.3, 0.4) is 0 Å². The summed E-state index contributed by atoms with van der Waals surface area (Å²) < 4.78 is 15.4. The van der Waals surface area contributed by atoms with Crippen molar-refractivity contribution < 1.29 is 23.8 Å². The number of likely N-dealkylation sites (tertiary alicyclic amines) is 1. The number of amides is 1. The zero-order chi connectivity index (χ0) is 16.8. The number of piperidine rings is 1. The van der Waals surface area contributed by atoms with Gasteiger partial charge >= 0.3 is 5.97 Å². The number of benzene rings is 1. The van der Waals surface area contributed by atoms with Crippen molar-refractivity contribution in [1.82, 2.24) is 4.90 Å². The average molecular weight is 321 g/mol. The van der Waals surface area contributed by atoms with E-state index in [1.54, 1.807) is 23.1 Å². The number of carbonyl (C=O) groups excluding carboxylic acids is 2. The van der Waals surface area contributed by atoms with Crippen LogP contribution in [0.4, 0.5) is 0 Å². The zero-order valence-corrected chi connectivity index (χ0v) is 13.8. The van der Waals surface area contributed by atoms with Crippen LogP contribution in [0.25, 0.3) is 0 Å². The Hall–Kier alpha value is -2.24. The fraction of sp³-hybridized carbons (Fsp3) is 0.529. The Morgan fingerprint density at radius 1 is 1.17 bits per heavy atom. The second kappa shape index (κ2) is 7.85. The van der Waals surface area contributed by atoms with E-state index >= 15 is 0 Å². The summed E-state index contributed by atoms with van der Waals surface area (Å²) in [7, 11) is 3.01. The van der Waals surface area contributed by atoms with Crippen molar-refractivity contribution in [1.29, 1.82) is 0 Å².